The summed E-state index contributed by atoms with van der Waals surface area (Å²) in [5.41, 5.74) is 15.2. The largest absolute Gasteiger partial charge is 0.456 e. The van der Waals surface area contributed by atoms with E-state index in [1.807, 2.05) is 12.1 Å². The number of furan rings is 1. The van der Waals surface area contributed by atoms with Crippen molar-refractivity contribution < 1.29 is 4.42 Å². The van der Waals surface area contributed by atoms with Crippen LogP contribution in [0, 0.1) is 0 Å². The van der Waals surface area contributed by atoms with Gasteiger partial charge >= 0.3 is 0 Å². The van der Waals surface area contributed by atoms with Gasteiger partial charge in [-0.15, -0.1) is 0 Å². The number of fused-ring (bicyclic) bond motifs is 4. The quantitative estimate of drug-likeness (QED) is 0.145. The van der Waals surface area contributed by atoms with Gasteiger partial charge in [0.15, 0.2) is 0 Å². The molecule has 0 saturated heterocycles. The maximum Gasteiger partial charge on any atom is 0.137 e. The van der Waals surface area contributed by atoms with E-state index in [9.17, 15) is 0 Å². The summed E-state index contributed by atoms with van der Waals surface area (Å²) in [6, 6.07) is 86.5. The summed E-state index contributed by atoms with van der Waals surface area (Å²) in [5.74, 6) is 0. The standard InChI is InChI=1S/C58H40N2O/c1-4-16-45(17-5-1)58-52-24-11-10-15-44(52)33-38-55(58)60(51-36-37-54-53-25-12-13-26-56(53)61-57(54)40-51)50-23-14-18-46(39-50)43-29-27-41(28-30-43)42-31-34-49(35-32-42)59(47-19-6-2-7-20-47)48-21-8-3-9-22-48/h1-40H. The summed E-state index contributed by atoms with van der Waals surface area (Å²) < 4.78 is 6.47. The van der Waals surface area contributed by atoms with Gasteiger partial charge in [-0.2, -0.15) is 0 Å². The van der Waals surface area contributed by atoms with E-state index in [0.717, 1.165) is 72.8 Å². The van der Waals surface area contributed by atoms with Crippen LogP contribution in [0.25, 0.3) is 66.1 Å². The average molecular weight is 781 g/mol. The highest BCUT2D eigenvalue weighted by molar-refractivity contribution is 6.08. The maximum atomic E-state index is 6.47. The van der Waals surface area contributed by atoms with E-state index in [2.05, 4.69) is 240 Å². The lowest BCUT2D eigenvalue weighted by Gasteiger charge is -2.29. The molecule has 10 aromatic carbocycles. The molecule has 11 aromatic rings. The summed E-state index contributed by atoms with van der Waals surface area (Å²) in [6.07, 6.45) is 0. The molecule has 0 aliphatic carbocycles. The van der Waals surface area contributed by atoms with Crippen LogP contribution in [0.4, 0.5) is 34.1 Å². The summed E-state index contributed by atoms with van der Waals surface area (Å²) in [7, 11) is 0. The Morgan fingerprint density at radius 1 is 0.262 bits per heavy atom. The zero-order valence-corrected chi connectivity index (χ0v) is 33.4. The van der Waals surface area contributed by atoms with E-state index in [-0.39, 0.29) is 0 Å². The van der Waals surface area contributed by atoms with Gasteiger partial charge in [-0.1, -0.05) is 164 Å². The highest BCUT2D eigenvalue weighted by Gasteiger charge is 2.21. The number of hydrogen-bond donors (Lipinski definition) is 0. The van der Waals surface area contributed by atoms with Crippen molar-refractivity contribution in [2.24, 2.45) is 0 Å². The number of hydrogen-bond acceptors (Lipinski definition) is 3. The molecule has 0 bridgehead atoms. The molecule has 0 atom stereocenters. The van der Waals surface area contributed by atoms with Crippen molar-refractivity contribution in [2.75, 3.05) is 9.80 Å². The minimum atomic E-state index is 0.860. The lowest BCUT2D eigenvalue weighted by molar-refractivity contribution is 0.669. The predicted octanol–water partition coefficient (Wildman–Crippen LogP) is 16.7. The first kappa shape index (κ1) is 36.0. The van der Waals surface area contributed by atoms with Gasteiger partial charge in [0.2, 0.25) is 0 Å². The van der Waals surface area contributed by atoms with Crippen LogP contribution >= 0.6 is 0 Å². The Morgan fingerprint density at radius 3 is 1.46 bits per heavy atom. The second-order valence-electron chi connectivity index (χ2n) is 15.3. The zero-order valence-electron chi connectivity index (χ0n) is 33.4. The molecule has 3 nitrogen and oxygen atoms in total. The van der Waals surface area contributed by atoms with Crippen LogP contribution in [0.1, 0.15) is 0 Å². The lowest BCUT2D eigenvalue weighted by atomic mass is 9.94. The molecular weight excluding hydrogens is 741 g/mol. The third-order valence-corrected chi connectivity index (χ3v) is 11.6. The molecule has 0 radical (unpaired) electrons. The molecular formula is C58H40N2O. The van der Waals surface area contributed by atoms with Gasteiger partial charge < -0.3 is 14.2 Å². The van der Waals surface area contributed by atoms with Crippen LogP contribution in [0.5, 0.6) is 0 Å². The third-order valence-electron chi connectivity index (χ3n) is 11.6. The second-order valence-corrected chi connectivity index (χ2v) is 15.3. The SMILES string of the molecule is c1ccc(-c2c(N(c3cccc(-c4ccc(-c5ccc(N(c6ccccc6)c6ccccc6)cc5)cc4)c3)c3ccc4c(c3)oc3ccccc34)ccc3ccccc23)cc1. The van der Waals surface area contributed by atoms with Crippen molar-refractivity contribution in [1.29, 1.82) is 0 Å². The second kappa shape index (κ2) is 15.6. The summed E-state index contributed by atoms with van der Waals surface area (Å²) >= 11 is 0. The Labute approximate surface area is 355 Å². The van der Waals surface area contributed by atoms with E-state index in [0.29, 0.717) is 0 Å². The van der Waals surface area contributed by atoms with E-state index in [4.69, 9.17) is 4.42 Å². The van der Waals surface area contributed by atoms with Crippen molar-refractivity contribution in [3.63, 3.8) is 0 Å². The van der Waals surface area contributed by atoms with Gasteiger partial charge in [0.1, 0.15) is 11.2 Å². The van der Waals surface area contributed by atoms with Gasteiger partial charge in [0, 0.05) is 50.8 Å². The van der Waals surface area contributed by atoms with Gasteiger partial charge in [-0.25, -0.2) is 0 Å². The maximum absolute atomic E-state index is 6.47. The minimum absolute atomic E-state index is 0.860. The van der Waals surface area contributed by atoms with Gasteiger partial charge in [0.25, 0.3) is 0 Å². The molecule has 1 heterocycles. The van der Waals surface area contributed by atoms with Crippen molar-refractivity contribution in [3.8, 4) is 33.4 Å². The molecule has 0 unspecified atom stereocenters. The highest BCUT2D eigenvalue weighted by atomic mass is 16.3. The first-order valence-corrected chi connectivity index (χ1v) is 20.7. The summed E-state index contributed by atoms with van der Waals surface area (Å²) in [4.78, 5) is 4.67. The van der Waals surface area contributed by atoms with Crippen molar-refractivity contribution in [1.82, 2.24) is 0 Å². The Balaban J connectivity index is 0.983. The third kappa shape index (κ3) is 6.78. The lowest BCUT2D eigenvalue weighted by Crippen LogP contribution is -2.11. The van der Waals surface area contributed by atoms with Gasteiger partial charge in [-0.3, -0.25) is 0 Å². The van der Waals surface area contributed by atoms with Crippen LogP contribution in [-0.4, -0.2) is 0 Å². The van der Waals surface area contributed by atoms with Crippen LogP contribution in [0.3, 0.4) is 0 Å². The predicted molar refractivity (Wildman–Crippen MR) is 257 cm³/mol. The Bertz CT molecular complexity index is 3240. The molecule has 0 spiro atoms. The smallest absolute Gasteiger partial charge is 0.137 e. The fraction of sp³-hybridized carbons (Fsp3) is 0. The number of benzene rings is 10. The van der Waals surface area contributed by atoms with Crippen molar-refractivity contribution in [2.45, 2.75) is 0 Å². The monoisotopic (exact) mass is 780 g/mol. The molecule has 0 saturated carbocycles. The van der Waals surface area contributed by atoms with Crippen LogP contribution in [-0.2, 0) is 0 Å². The van der Waals surface area contributed by atoms with Gasteiger partial charge in [0.05, 0.1) is 5.69 Å². The van der Waals surface area contributed by atoms with Crippen LogP contribution in [0.2, 0.25) is 0 Å². The normalized spacial score (nSPS) is 11.3. The van der Waals surface area contributed by atoms with Crippen LogP contribution in [0.15, 0.2) is 247 Å². The summed E-state index contributed by atoms with van der Waals surface area (Å²) in [5, 5.41) is 4.63. The number of anilines is 6. The van der Waals surface area contributed by atoms with Crippen molar-refractivity contribution >= 4 is 66.8 Å². The molecule has 0 aliphatic rings. The zero-order chi connectivity index (χ0) is 40.5. The molecule has 0 amide bonds. The Kier molecular flexibility index (Phi) is 9.18. The molecule has 0 aliphatic heterocycles. The molecule has 0 fully saturated rings. The fourth-order valence-corrected chi connectivity index (χ4v) is 8.72. The molecule has 61 heavy (non-hydrogen) atoms. The molecule has 1 aromatic heterocycles. The number of rotatable bonds is 9. The molecule has 11 rings (SSSR count). The Hall–Kier alpha value is -8.14. The Morgan fingerprint density at radius 2 is 0.754 bits per heavy atom. The highest BCUT2D eigenvalue weighted by Crippen LogP contribution is 2.46. The van der Waals surface area contributed by atoms with Crippen LogP contribution < -0.4 is 9.80 Å². The topological polar surface area (TPSA) is 19.6 Å². The van der Waals surface area contributed by atoms with E-state index >= 15 is 0 Å². The average Bonchev–Trinajstić information content (AvgIpc) is 3.71. The molecule has 0 N–H and O–H groups in total. The number of nitrogens with zero attached hydrogens (tertiary/aromatic N) is 2. The fourth-order valence-electron chi connectivity index (χ4n) is 8.72. The van der Waals surface area contributed by atoms with Gasteiger partial charge in [-0.05, 0) is 111 Å². The first-order valence-electron chi connectivity index (χ1n) is 20.7. The first-order chi connectivity index (χ1) is 30.2. The van der Waals surface area contributed by atoms with E-state index in [1.165, 1.54) is 27.5 Å². The van der Waals surface area contributed by atoms with Crippen molar-refractivity contribution in [3.05, 3.63) is 243 Å². The minimum Gasteiger partial charge on any atom is -0.456 e. The molecule has 288 valence electrons. The molecule has 3 heteroatoms. The van der Waals surface area contributed by atoms with E-state index in [1.54, 1.807) is 0 Å². The van der Waals surface area contributed by atoms with E-state index < -0.39 is 0 Å². The summed E-state index contributed by atoms with van der Waals surface area (Å²) in [6.45, 7) is 0. The number of para-hydroxylation sites is 3.